The maximum absolute atomic E-state index is 4.58. The van der Waals surface area contributed by atoms with Gasteiger partial charge in [0.05, 0.1) is 0 Å². The van der Waals surface area contributed by atoms with Gasteiger partial charge in [0.15, 0.2) is 5.82 Å². The number of hydrogen-bond donors (Lipinski definition) is 1. The Bertz CT molecular complexity index is 471. The van der Waals surface area contributed by atoms with Gasteiger partial charge in [-0.05, 0) is 18.8 Å². The Labute approximate surface area is 94.9 Å². The molecule has 1 unspecified atom stereocenters. The molecule has 0 bridgehead atoms. The Morgan fingerprint density at radius 1 is 1.25 bits per heavy atom. The largest absolute Gasteiger partial charge is 0.262 e. The zero-order chi connectivity index (χ0) is 11.0. The summed E-state index contributed by atoms with van der Waals surface area (Å²) < 4.78 is 0. The van der Waals surface area contributed by atoms with Crippen molar-refractivity contribution in [2.75, 3.05) is 0 Å². The standard InChI is InChI=1S/C13H15N3/c1-9(10-7-8-10)12-14-13(16-15-12)11-5-3-2-4-6-11/h2-6,9-10H,7-8H2,1H3,(H,14,15,16). The summed E-state index contributed by atoms with van der Waals surface area (Å²) >= 11 is 0. The third-order valence-corrected chi connectivity index (χ3v) is 3.30. The van der Waals surface area contributed by atoms with E-state index in [0.29, 0.717) is 5.92 Å². The van der Waals surface area contributed by atoms with Gasteiger partial charge >= 0.3 is 0 Å². The molecule has 0 spiro atoms. The summed E-state index contributed by atoms with van der Waals surface area (Å²) in [5.41, 5.74) is 1.08. The van der Waals surface area contributed by atoms with Crippen molar-refractivity contribution in [3.05, 3.63) is 36.2 Å². The van der Waals surface area contributed by atoms with Crippen LogP contribution >= 0.6 is 0 Å². The normalized spacial score (nSPS) is 17.3. The van der Waals surface area contributed by atoms with Gasteiger partial charge in [-0.3, -0.25) is 5.10 Å². The third-order valence-electron chi connectivity index (χ3n) is 3.30. The molecule has 1 aromatic carbocycles. The summed E-state index contributed by atoms with van der Waals surface area (Å²) in [6.07, 6.45) is 2.67. The van der Waals surface area contributed by atoms with Crippen molar-refractivity contribution in [3.63, 3.8) is 0 Å². The Morgan fingerprint density at radius 2 is 2.00 bits per heavy atom. The highest BCUT2D eigenvalue weighted by Gasteiger charge is 2.30. The summed E-state index contributed by atoms with van der Waals surface area (Å²) in [5.74, 6) is 3.17. The van der Waals surface area contributed by atoms with Crippen molar-refractivity contribution in [2.45, 2.75) is 25.7 Å². The van der Waals surface area contributed by atoms with Gasteiger partial charge in [0.1, 0.15) is 5.82 Å². The zero-order valence-corrected chi connectivity index (χ0v) is 9.35. The van der Waals surface area contributed by atoms with Crippen LogP contribution in [0.5, 0.6) is 0 Å². The van der Waals surface area contributed by atoms with Crippen LogP contribution in [0.25, 0.3) is 11.4 Å². The molecule has 3 heteroatoms. The van der Waals surface area contributed by atoms with E-state index in [1.54, 1.807) is 0 Å². The average molecular weight is 213 g/mol. The highest BCUT2D eigenvalue weighted by atomic mass is 15.2. The number of benzene rings is 1. The van der Waals surface area contributed by atoms with Crippen LogP contribution < -0.4 is 0 Å². The van der Waals surface area contributed by atoms with Crippen LogP contribution in [-0.2, 0) is 0 Å². The van der Waals surface area contributed by atoms with Crippen LogP contribution in [0.1, 0.15) is 31.5 Å². The molecule has 1 heterocycles. The summed E-state index contributed by atoms with van der Waals surface area (Å²) in [4.78, 5) is 4.58. The van der Waals surface area contributed by atoms with E-state index >= 15 is 0 Å². The minimum atomic E-state index is 0.518. The fourth-order valence-corrected chi connectivity index (χ4v) is 2.01. The van der Waals surface area contributed by atoms with E-state index in [1.807, 2.05) is 30.3 Å². The molecule has 1 aliphatic carbocycles. The Hall–Kier alpha value is -1.64. The minimum absolute atomic E-state index is 0.518. The third kappa shape index (κ3) is 1.73. The van der Waals surface area contributed by atoms with Crippen LogP contribution in [0.2, 0.25) is 0 Å². The zero-order valence-electron chi connectivity index (χ0n) is 9.35. The Morgan fingerprint density at radius 3 is 2.69 bits per heavy atom. The molecule has 16 heavy (non-hydrogen) atoms. The van der Waals surface area contributed by atoms with Gasteiger partial charge in [-0.1, -0.05) is 37.3 Å². The highest BCUT2D eigenvalue weighted by Crippen LogP contribution is 2.41. The maximum atomic E-state index is 4.58. The first-order valence-corrected chi connectivity index (χ1v) is 5.82. The molecule has 0 saturated heterocycles. The maximum Gasteiger partial charge on any atom is 0.181 e. The highest BCUT2D eigenvalue weighted by molar-refractivity contribution is 5.53. The molecule has 1 N–H and O–H groups in total. The van der Waals surface area contributed by atoms with Crippen molar-refractivity contribution >= 4 is 0 Å². The van der Waals surface area contributed by atoms with Crippen molar-refractivity contribution < 1.29 is 0 Å². The van der Waals surface area contributed by atoms with E-state index in [0.717, 1.165) is 23.1 Å². The number of nitrogens with one attached hydrogen (secondary N) is 1. The first kappa shape index (κ1) is 9.58. The lowest BCUT2D eigenvalue weighted by molar-refractivity contribution is 0.624. The summed E-state index contributed by atoms with van der Waals surface area (Å²) in [7, 11) is 0. The molecule has 2 aromatic rings. The van der Waals surface area contributed by atoms with E-state index in [2.05, 4.69) is 22.1 Å². The number of rotatable bonds is 3. The summed E-state index contributed by atoms with van der Waals surface area (Å²) in [6.45, 7) is 2.23. The molecule has 1 fully saturated rings. The van der Waals surface area contributed by atoms with Crippen LogP contribution in [0.4, 0.5) is 0 Å². The second-order valence-corrected chi connectivity index (χ2v) is 4.54. The molecule has 1 saturated carbocycles. The van der Waals surface area contributed by atoms with Crippen molar-refractivity contribution in [3.8, 4) is 11.4 Å². The number of nitrogens with zero attached hydrogens (tertiary/aromatic N) is 2. The smallest absolute Gasteiger partial charge is 0.181 e. The van der Waals surface area contributed by atoms with E-state index in [4.69, 9.17) is 0 Å². The number of aromatic nitrogens is 3. The predicted molar refractivity (Wildman–Crippen MR) is 63.0 cm³/mol. The van der Waals surface area contributed by atoms with Gasteiger partial charge in [-0.15, -0.1) is 0 Å². The molecule has 1 atom stereocenters. The van der Waals surface area contributed by atoms with Crippen LogP contribution in [0.15, 0.2) is 30.3 Å². The number of aromatic amines is 1. The molecule has 82 valence electrons. The second kappa shape index (κ2) is 3.74. The van der Waals surface area contributed by atoms with Crippen LogP contribution in [0, 0.1) is 5.92 Å². The molecule has 0 amide bonds. The second-order valence-electron chi connectivity index (χ2n) is 4.54. The Balaban J connectivity index is 1.87. The molecule has 0 radical (unpaired) electrons. The Kier molecular flexibility index (Phi) is 2.24. The first-order valence-electron chi connectivity index (χ1n) is 5.82. The molecule has 1 aromatic heterocycles. The number of hydrogen-bond acceptors (Lipinski definition) is 2. The molecular weight excluding hydrogens is 198 g/mol. The van der Waals surface area contributed by atoms with Gasteiger partial charge in [0.25, 0.3) is 0 Å². The van der Waals surface area contributed by atoms with E-state index in [1.165, 1.54) is 12.8 Å². The van der Waals surface area contributed by atoms with Gasteiger partial charge in [-0.2, -0.15) is 5.10 Å². The molecule has 0 aliphatic heterocycles. The van der Waals surface area contributed by atoms with Gasteiger partial charge in [0.2, 0.25) is 0 Å². The fourth-order valence-electron chi connectivity index (χ4n) is 2.01. The SMILES string of the molecule is CC(c1nc(-c2ccccc2)n[nH]1)C1CC1. The van der Waals surface area contributed by atoms with Crippen molar-refractivity contribution in [1.82, 2.24) is 15.2 Å². The lowest BCUT2D eigenvalue weighted by Gasteiger charge is -2.03. The quantitative estimate of drug-likeness (QED) is 0.851. The number of H-pyrrole nitrogens is 1. The lowest BCUT2D eigenvalue weighted by Crippen LogP contribution is -1.97. The summed E-state index contributed by atoms with van der Waals surface area (Å²) in [5, 5.41) is 7.35. The topological polar surface area (TPSA) is 41.6 Å². The van der Waals surface area contributed by atoms with E-state index in [9.17, 15) is 0 Å². The predicted octanol–water partition coefficient (Wildman–Crippen LogP) is 2.99. The van der Waals surface area contributed by atoms with Gasteiger partial charge < -0.3 is 0 Å². The van der Waals surface area contributed by atoms with Gasteiger partial charge in [-0.25, -0.2) is 4.98 Å². The minimum Gasteiger partial charge on any atom is -0.262 e. The fraction of sp³-hybridized carbons (Fsp3) is 0.385. The van der Waals surface area contributed by atoms with Gasteiger partial charge in [0, 0.05) is 11.5 Å². The van der Waals surface area contributed by atoms with Crippen LogP contribution in [0.3, 0.4) is 0 Å². The lowest BCUT2D eigenvalue weighted by atomic mass is 10.1. The van der Waals surface area contributed by atoms with E-state index < -0.39 is 0 Å². The van der Waals surface area contributed by atoms with Crippen molar-refractivity contribution in [2.24, 2.45) is 5.92 Å². The molecular formula is C13H15N3. The first-order chi connectivity index (χ1) is 7.84. The van der Waals surface area contributed by atoms with Crippen LogP contribution in [-0.4, -0.2) is 15.2 Å². The molecule has 3 nitrogen and oxygen atoms in total. The van der Waals surface area contributed by atoms with E-state index in [-0.39, 0.29) is 0 Å². The molecule has 3 rings (SSSR count). The molecule has 1 aliphatic rings. The summed E-state index contributed by atoms with van der Waals surface area (Å²) in [6, 6.07) is 10.1. The monoisotopic (exact) mass is 213 g/mol. The van der Waals surface area contributed by atoms with Crippen molar-refractivity contribution in [1.29, 1.82) is 0 Å². The average Bonchev–Trinajstić information content (AvgIpc) is 3.07.